The highest BCUT2D eigenvalue weighted by Crippen LogP contribution is 2.15. The number of esters is 1. The van der Waals surface area contributed by atoms with Crippen LogP contribution in [0.2, 0.25) is 0 Å². The van der Waals surface area contributed by atoms with Gasteiger partial charge in [0.2, 0.25) is 0 Å². The van der Waals surface area contributed by atoms with E-state index in [0.29, 0.717) is 25.7 Å². The van der Waals surface area contributed by atoms with Crippen molar-refractivity contribution in [1.29, 1.82) is 0 Å². The zero-order valence-corrected chi connectivity index (χ0v) is 8.86. The summed E-state index contributed by atoms with van der Waals surface area (Å²) in [6.07, 6.45) is 0.756. The Balaban J connectivity index is 2.30. The summed E-state index contributed by atoms with van der Waals surface area (Å²) in [6, 6.07) is 0. The topological polar surface area (TPSA) is 61.6 Å². The monoisotopic (exact) mass is 201 g/mol. The van der Waals surface area contributed by atoms with E-state index in [1.807, 2.05) is 0 Å². The van der Waals surface area contributed by atoms with Crippen LogP contribution < -0.4 is 5.73 Å². The highest BCUT2D eigenvalue weighted by atomic mass is 16.6. The second kappa shape index (κ2) is 5.32. The third-order valence-corrected chi connectivity index (χ3v) is 2.26. The second-order valence-corrected chi connectivity index (χ2v) is 4.16. The molecule has 0 aromatic carbocycles. The van der Waals surface area contributed by atoms with E-state index in [-0.39, 0.29) is 18.0 Å². The van der Waals surface area contributed by atoms with Crippen LogP contribution in [0.25, 0.3) is 0 Å². The number of rotatable bonds is 5. The Bertz CT molecular complexity index is 190. The Kier molecular flexibility index (Phi) is 4.35. The predicted molar refractivity (Wildman–Crippen MR) is 52.7 cm³/mol. The van der Waals surface area contributed by atoms with Crippen molar-refractivity contribution >= 4 is 5.97 Å². The zero-order chi connectivity index (χ0) is 10.6. The van der Waals surface area contributed by atoms with Gasteiger partial charge in [-0.15, -0.1) is 0 Å². The van der Waals surface area contributed by atoms with Crippen molar-refractivity contribution in [2.75, 3.05) is 19.8 Å². The molecule has 1 atom stereocenters. The van der Waals surface area contributed by atoms with Gasteiger partial charge in [-0.2, -0.15) is 0 Å². The Morgan fingerprint density at radius 3 is 2.57 bits per heavy atom. The van der Waals surface area contributed by atoms with Crippen LogP contribution in [-0.2, 0) is 14.3 Å². The van der Waals surface area contributed by atoms with Crippen LogP contribution in [0, 0.1) is 11.8 Å². The van der Waals surface area contributed by atoms with E-state index < -0.39 is 0 Å². The fourth-order valence-electron chi connectivity index (χ4n) is 1.40. The molecule has 1 heterocycles. The van der Waals surface area contributed by atoms with E-state index in [9.17, 15) is 4.79 Å². The summed E-state index contributed by atoms with van der Waals surface area (Å²) in [5, 5.41) is 0. The molecular formula is C10H19NO3. The zero-order valence-electron chi connectivity index (χ0n) is 8.86. The van der Waals surface area contributed by atoms with Gasteiger partial charge in [-0.05, 0) is 12.3 Å². The maximum absolute atomic E-state index is 11.6. The minimum absolute atomic E-state index is 0.0382. The Hall–Kier alpha value is -0.610. The maximum Gasteiger partial charge on any atom is 0.310 e. The molecule has 0 aliphatic carbocycles. The van der Waals surface area contributed by atoms with Gasteiger partial charge < -0.3 is 15.2 Å². The predicted octanol–water partition coefficient (Wildman–Crippen LogP) is 0.549. The van der Waals surface area contributed by atoms with E-state index in [0.717, 1.165) is 6.42 Å². The number of hydrogen-bond donors (Lipinski definition) is 1. The second-order valence-electron chi connectivity index (χ2n) is 4.16. The first-order valence-electron chi connectivity index (χ1n) is 5.11. The van der Waals surface area contributed by atoms with Crippen LogP contribution in [0.4, 0.5) is 0 Å². The number of ether oxygens (including phenoxy) is 2. The van der Waals surface area contributed by atoms with Gasteiger partial charge in [-0.1, -0.05) is 13.8 Å². The van der Waals surface area contributed by atoms with E-state index in [1.54, 1.807) is 0 Å². The molecule has 2 N–H and O–H groups in total. The molecule has 0 amide bonds. The van der Waals surface area contributed by atoms with Gasteiger partial charge >= 0.3 is 5.97 Å². The molecule has 0 bridgehead atoms. The lowest BCUT2D eigenvalue weighted by Crippen LogP contribution is -2.40. The largest absolute Gasteiger partial charge is 0.457 e. The lowest BCUT2D eigenvalue weighted by Gasteiger charge is -2.27. The molecule has 0 aromatic rings. The molecule has 1 aliphatic rings. The van der Waals surface area contributed by atoms with Crippen molar-refractivity contribution in [2.24, 2.45) is 17.6 Å². The summed E-state index contributed by atoms with van der Waals surface area (Å²) in [5.41, 5.74) is 5.53. The number of carbonyl (C=O) groups is 1. The highest BCUT2D eigenvalue weighted by Gasteiger charge is 2.27. The number of carbonyl (C=O) groups excluding carboxylic acids is 1. The summed E-state index contributed by atoms with van der Waals surface area (Å²) in [4.78, 5) is 11.6. The van der Waals surface area contributed by atoms with Gasteiger partial charge in [0, 0.05) is 6.54 Å². The molecule has 1 unspecified atom stereocenters. The van der Waals surface area contributed by atoms with Crippen LogP contribution in [0.3, 0.4) is 0 Å². The van der Waals surface area contributed by atoms with Gasteiger partial charge in [0.25, 0.3) is 0 Å². The van der Waals surface area contributed by atoms with Crippen LogP contribution in [0.15, 0.2) is 0 Å². The van der Waals surface area contributed by atoms with Gasteiger partial charge in [0.15, 0.2) is 0 Å². The minimum Gasteiger partial charge on any atom is -0.457 e. The molecule has 0 saturated carbocycles. The standard InChI is InChI=1S/C10H19NO3/c1-7(2)3-8(4-11)10(12)14-9-5-13-6-9/h7-9H,3-6,11H2,1-2H3. The number of hydrogen-bond acceptors (Lipinski definition) is 4. The fourth-order valence-corrected chi connectivity index (χ4v) is 1.40. The summed E-state index contributed by atoms with van der Waals surface area (Å²) < 4.78 is 10.1. The molecule has 1 saturated heterocycles. The Morgan fingerprint density at radius 2 is 2.21 bits per heavy atom. The molecule has 14 heavy (non-hydrogen) atoms. The summed E-state index contributed by atoms with van der Waals surface area (Å²) >= 11 is 0. The Morgan fingerprint density at radius 1 is 1.57 bits per heavy atom. The first-order valence-corrected chi connectivity index (χ1v) is 5.11. The average Bonchev–Trinajstić information content (AvgIpc) is 2.06. The third kappa shape index (κ3) is 3.27. The van der Waals surface area contributed by atoms with Crippen LogP contribution >= 0.6 is 0 Å². The van der Waals surface area contributed by atoms with Crippen molar-refractivity contribution < 1.29 is 14.3 Å². The minimum atomic E-state index is -0.172. The van der Waals surface area contributed by atoms with E-state index in [4.69, 9.17) is 15.2 Å². The summed E-state index contributed by atoms with van der Waals surface area (Å²) in [7, 11) is 0. The van der Waals surface area contributed by atoms with Crippen molar-refractivity contribution in [3.63, 3.8) is 0 Å². The summed E-state index contributed by atoms with van der Waals surface area (Å²) in [6.45, 7) is 5.57. The normalized spacial score (nSPS) is 19.1. The fraction of sp³-hybridized carbons (Fsp3) is 0.900. The maximum atomic E-state index is 11.6. The molecule has 4 nitrogen and oxygen atoms in total. The van der Waals surface area contributed by atoms with Crippen molar-refractivity contribution in [1.82, 2.24) is 0 Å². The van der Waals surface area contributed by atoms with Crippen LogP contribution in [-0.4, -0.2) is 31.8 Å². The van der Waals surface area contributed by atoms with Crippen molar-refractivity contribution in [2.45, 2.75) is 26.4 Å². The van der Waals surface area contributed by atoms with Crippen molar-refractivity contribution in [3.8, 4) is 0 Å². The van der Waals surface area contributed by atoms with E-state index >= 15 is 0 Å². The highest BCUT2D eigenvalue weighted by molar-refractivity contribution is 5.73. The SMILES string of the molecule is CC(C)CC(CN)C(=O)OC1COC1. The molecule has 0 radical (unpaired) electrons. The van der Waals surface area contributed by atoms with E-state index in [2.05, 4.69) is 13.8 Å². The van der Waals surface area contributed by atoms with Gasteiger partial charge in [-0.3, -0.25) is 4.79 Å². The lowest BCUT2D eigenvalue weighted by molar-refractivity contribution is -0.176. The molecule has 1 rings (SSSR count). The van der Waals surface area contributed by atoms with Crippen LogP contribution in [0.1, 0.15) is 20.3 Å². The first kappa shape index (κ1) is 11.5. The first-order chi connectivity index (χ1) is 6.63. The van der Waals surface area contributed by atoms with Gasteiger partial charge in [0.05, 0.1) is 19.1 Å². The van der Waals surface area contributed by atoms with E-state index in [1.165, 1.54) is 0 Å². The Labute approximate surface area is 84.7 Å². The van der Waals surface area contributed by atoms with Gasteiger partial charge in [-0.25, -0.2) is 0 Å². The summed E-state index contributed by atoms with van der Waals surface area (Å²) in [5.74, 6) is 0.138. The van der Waals surface area contributed by atoms with Crippen molar-refractivity contribution in [3.05, 3.63) is 0 Å². The lowest BCUT2D eigenvalue weighted by atomic mass is 9.97. The van der Waals surface area contributed by atoms with Gasteiger partial charge in [0.1, 0.15) is 6.10 Å². The molecule has 0 spiro atoms. The average molecular weight is 201 g/mol. The van der Waals surface area contributed by atoms with Crippen LogP contribution in [0.5, 0.6) is 0 Å². The molecule has 82 valence electrons. The molecule has 1 aliphatic heterocycles. The quantitative estimate of drug-likeness (QED) is 0.660. The smallest absolute Gasteiger partial charge is 0.310 e. The molecule has 0 aromatic heterocycles. The molecular weight excluding hydrogens is 182 g/mol. The molecule has 1 fully saturated rings. The molecule has 4 heteroatoms. The third-order valence-electron chi connectivity index (χ3n) is 2.26. The number of nitrogens with two attached hydrogens (primary N) is 1.